The number of hydrogen-bond donors (Lipinski definition) is 2. The zero-order valence-electron chi connectivity index (χ0n) is 10.3. The molecule has 19 heavy (non-hydrogen) atoms. The fourth-order valence-electron chi connectivity index (χ4n) is 2.27. The Labute approximate surface area is 118 Å². The van der Waals surface area contributed by atoms with Gasteiger partial charge in [-0.2, -0.15) is 0 Å². The van der Waals surface area contributed by atoms with E-state index in [1.54, 1.807) is 0 Å². The summed E-state index contributed by atoms with van der Waals surface area (Å²) in [6.07, 6.45) is 6.51. The highest BCUT2D eigenvalue weighted by Gasteiger charge is 2.26. The van der Waals surface area contributed by atoms with E-state index in [4.69, 9.17) is 0 Å². The Morgan fingerprint density at radius 1 is 1.37 bits per heavy atom. The number of carbonyl (C=O) groups is 1. The third-order valence-electron chi connectivity index (χ3n) is 3.28. The molecule has 0 aliphatic heterocycles. The lowest BCUT2D eigenvalue weighted by atomic mass is 10.1. The lowest BCUT2D eigenvalue weighted by molar-refractivity contribution is -0.390. The first-order chi connectivity index (χ1) is 9.09. The first-order valence-electron chi connectivity index (χ1n) is 6.28. The van der Waals surface area contributed by atoms with Crippen molar-refractivity contribution in [3.05, 3.63) is 20.3 Å². The van der Waals surface area contributed by atoms with Crippen molar-refractivity contribution < 1.29 is 9.72 Å². The second kappa shape index (κ2) is 6.14. The maximum absolute atomic E-state index is 12.0. The molecule has 1 aromatic rings. The maximum Gasteiger partial charge on any atom is 0.357 e. The topological polar surface area (TPSA) is 101 Å². The average Bonchev–Trinajstić information content (AvgIpc) is 2.58. The largest absolute Gasteiger partial charge is 0.358 e. The fourth-order valence-corrected chi connectivity index (χ4v) is 2.77. The van der Waals surface area contributed by atoms with Crippen LogP contribution in [0, 0.1) is 10.1 Å². The van der Waals surface area contributed by atoms with Crippen LogP contribution in [0.25, 0.3) is 0 Å². The van der Waals surface area contributed by atoms with Crippen molar-refractivity contribution in [2.24, 2.45) is 0 Å². The Morgan fingerprint density at radius 3 is 2.53 bits per heavy atom. The molecule has 1 amide bonds. The summed E-state index contributed by atoms with van der Waals surface area (Å²) < 4.78 is 0.101. The van der Waals surface area contributed by atoms with Crippen LogP contribution in [0.3, 0.4) is 0 Å². The molecular weight excluding hydrogens is 316 g/mol. The highest BCUT2D eigenvalue weighted by Crippen LogP contribution is 2.26. The number of halogens is 1. The van der Waals surface area contributed by atoms with E-state index in [2.05, 4.69) is 31.4 Å². The number of nitrogens with one attached hydrogen (secondary N) is 2. The van der Waals surface area contributed by atoms with Crippen LogP contribution in [0.1, 0.15) is 49.0 Å². The van der Waals surface area contributed by atoms with E-state index < -0.39 is 4.92 Å². The van der Waals surface area contributed by atoms with Gasteiger partial charge in [-0.15, -0.1) is 5.10 Å². The molecule has 1 fully saturated rings. The van der Waals surface area contributed by atoms with Crippen molar-refractivity contribution in [1.82, 2.24) is 15.5 Å². The Kier molecular flexibility index (Phi) is 4.52. The predicted octanol–water partition coefficient (Wildman–Crippen LogP) is 2.53. The molecule has 1 aromatic heterocycles. The minimum atomic E-state index is -0.612. The number of carbonyl (C=O) groups excluding carboxylic acids is 1. The number of hydrogen-bond acceptors (Lipinski definition) is 4. The van der Waals surface area contributed by atoms with Crippen LogP contribution in [0.4, 0.5) is 5.82 Å². The summed E-state index contributed by atoms with van der Waals surface area (Å²) in [5, 5.41) is 19.5. The smallest absolute Gasteiger partial charge is 0.357 e. The van der Waals surface area contributed by atoms with Crippen molar-refractivity contribution >= 4 is 27.7 Å². The van der Waals surface area contributed by atoms with Gasteiger partial charge in [0.25, 0.3) is 5.91 Å². The minimum absolute atomic E-state index is 0.0379. The van der Waals surface area contributed by atoms with E-state index in [9.17, 15) is 14.9 Å². The number of rotatable bonds is 3. The molecule has 1 heterocycles. The van der Waals surface area contributed by atoms with Gasteiger partial charge in [-0.1, -0.05) is 30.8 Å². The Hall–Kier alpha value is -1.44. The van der Waals surface area contributed by atoms with Crippen molar-refractivity contribution in [1.29, 1.82) is 0 Å². The fraction of sp³-hybridized carbons (Fsp3) is 0.636. The van der Waals surface area contributed by atoms with Crippen molar-refractivity contribution in [3.63, 3.8) is 0 Å². The van der Waals surface area contributed by atoms with Gasteiger partial charge >= 0.3 is 5.82 Å². The van der Waals surface area contributed by atoms with Gasteiger partial charge in [-0.3, -0.25) is 4.79 Å². The molecule has 1 aliphatic rings. The van der Waals surface area contributed by atoms with Gasteiger partial charge < -0.3 is 15.4 Å². The molecule has 0 atom stereocenters. The SMILES string of the molecule is O=C(NC1CCCCCC1)c1n[nH]c([N+](=O)[O-])c1Br. The van der Waals surface area contributed by atoms with Crippen molar-refractivity contribution in [3.8, 4) is 0 Å². The summed E-state index contributed by atoms with van der Waals surface area (Å²) in [5.74, 6) is -0.672. The van der Waals surface area contributed by atoms with Gasteiger partial charge in [0.2, 0.25) is 0 Å². The van der Waals surface area contributed by atoms with Crippen LogP contribution in [0.15, 0.2) is 4.47 Å². The standard InChI is InChI=1S/C11H15BrN4O3/c12-8-9(14-15-10(8)16(18)19)11(17)13-7-5-3-1-2-4-6-7/h7H,1-6H2,(H,13,17)(H,14,15). The third-order valence-corrected chi connectivity index (χ3v) is 4.03. The Bertz CT molecular complexity index is 480. The highest BCUT2D eigenvalue weighted by molar-refractivity contribution is 9.10. The number of nitro groups is 1. The molecule has 0 bridgehead atoms. The molecule has 2 rings (SSSR count). The molecule has 0 saturated heterocycles. The first-order valence-corrected chi connectivity index (χ1v) is 7.08. The van der Waals surface area contributed by atoms with Gasteiger partial charge in [-0.25, -0.2) is 0 Å². The number of H-pyrrole nitrogens is 1. The van der Waals surface area contributed by atoms with Gasteiger partial charge in [0.05, 0.1) is 0 Å². The molecule has 0 unspecified atom stereocenters. The van der Waals surface area contributed by atoms with Crippen LogP contribution in [0.5, 0.6) is 0 Å². The third kappa shape index (κ3) is 3.31. The second-order valence-electron chi connectivity index (χ2n) is 4.65. The van der Waals surface area contributed by atoms with Crippen molar-refractivity contribution in [2.45, 2.75) is 44.6 Å². The van der Waals surface area contributed by atoms with Crippen LogP contribution < -0.4 is 5.32 Å². The summed E-state index contributed by atoms with van der Waals surface area (Å²) in [6, 6.07) is 0.137. The van der Waals surface area contributed by atoms with E-state index >= 15 is 0 Å². The molecule has 7 nitrogen and oxygen atoms in total. The number of nitrogens with zero attached hydrogens (tertiary/aromatic N) is 2. The van der Waals surface area contributed by atoms with Crippen LogP contribution in [0.2, 0.25) is 0 Å². The zero-order chi connectivity index (χ0) is 13.8. The molecule has 0 aromatic carbocycles. The van der Waals surface area contributed by atoms with Crippen molar-refractivity contribution in [2.75, 3.05) is 0 Å². The maximum atomic E-state index is 12.0. The lowest BCUT2D eigenvalue weighted by Gasteiger charge is -2.14. The monoisotopic (exact) mass is 330 g/mol. The summed E-state index contributed by atoms with van der Waals surface area (Å²) in [5.41, 5.74) is 0.0379. The van der Waals surface area contributed by atoms with E-state index in [0.717, 1.165) is 25.7 Å². The number of aromatic amines is 1. The summed E-state index contributed by atoms with van der Waals surface area (Å²) in [6.45, 7) is 0. The van der Waals surface area contributed by atoms with E-state index in [1.165, 1.54) is 12.8 Å². The molecular formula is C11H15BrN4O3. The summed E-state index contributed by atoms with van der Waals surface area (Å²) >= 11 is 3.04. The van der Waals surface area contributed by atoms with Crippen LogP contribution in [-0.4, -0.2) is 27.1 Å². The van der Waals surface area contributed by atoms with Gasteiger partial charge in [0.15, 0.2) is 5.69 Å². The molecule has 8 heteroatoms. The van der Waals surface area contributed by atoms with E-state index in [1.807, 2.05) is 0 Å². The lowest BCUT2D eigenvalue weighted by Crippen LogP contribution is -2.34. The molecule has 0 radical (unpaired) electrons. The summed E-state index contributed by atoms with van der Waals surface area (Å²) in [7, 11) is 0. The first kappa shape index (κ1) is 14.0. The van der Waals surface area contributed by atoms with E-state index in [-0.39, 0.29) is 27.9 Å². The Morgan fingerprint density at radius 2 is 2.00 bits per heavy atom. The van der Waals surface area contributed by atoms with Gasteiger partial charge in [-0.05, 0) is 33.7 Å². The normalized spacial score (nSPS) is 16.9. The molecule has 104 valence electrons. The number of aromatic nitrogens is 2. The Balaban J connectivity index is 2.05. The molecule has 0 spiro atoms. The highest BCUT2D eigenvalue weighted by atomic mass is 79.9. The van der Waals surface area contributed by atoms with E-state index in [0.29, 0.717) is 0 Å². The average molecular weight is 331 g/mol. The molecule has 2 N–H and O–H groups in total. The molecule has 1 saturated carbocycles. The molecule has 1 aliphatic carbocycles. The number of amides is 1. The minimum Gasteiger partial charge on any atom is -0.358 e. The van der Waals surface area contributed by atoms with Gasteiger partial charge in [0, 0.05) is 6.04 Å². The predicted molar refractivity (Wildman–Crippen MR) is 71.9 cm³/mol. The summed E-state index contributed by atoms with van der Waals surface area (Å²) in [4.78, 5) is 22.1. The quantitative estimate of drug-likeness (QED) is 0.505. The van der Waals surface area contributed by atoms with Crippen LogP contribution in [-0.2, 0) is 0 Å². The van der Waals surface area contributed by atoms with Gasteiger partial charge in [0.1, 0.15) is 4.47 Å². The second-order valence-corrected chi connectivity index (χ2v) is 5.45. The zero-order valence-corrected chi connectivity index (χ0v) is 11.9. The van der Waals surface area contributed by atoms with Crippen LogP contribution >= 0.6 is 15.9 Å².